The number of allylic oxidation sites excluding steroid dienone is 4. The van der Waals surface area contributed by atoms with E-state index in [0.717, 1.165) is 72.4 Å². The van der Waals surface area contributed by atoms with E-state index in [1.54, 1.807) is 0 Å². The quantitative estimate of drug-likeness (QED) is 0.550. The molecule has 0 saturated heterocycles. The molecule has 30 heavy (non-hydrogen) atoms. The molecule has 4 bridgehead atoms. The van der Waals surface area contributed by atoms with Gasteiger partial charge < -0.3 is 20.8 Å². The molecule has 0 spiro atoms. The Kier molecular flexibility index (Phi) is 4.50. The van der Waals surface area contributed by atoms with Crippen LogP contribution in [0.4, 0.5) is 11.4 Å². The monoisotopic (exact) mass is 404 g/mol. The van der Waals surface area contributed by atoms with Crippen molar-refractivity contribution in [3.8, 4) is 0 Å². The van der Waals surface area contributed by atoms with Crippen LogP contribution in [-0.2, 0) is 9.59 Å². The van der Waals surface area contributed by atoms with E-state index in [9.17, 15) is 19.8 Å². The summed E-state index contributed by atoms with van der Waals surface area (Å²) in [6.07, 6.45) is 9.53. The van der Waals surface area contributed by atoms with Crippen molar-refractivity contribution in [2.24, 2.45) is 11.8 Å². The van der Waals surface area contributed by atoms with Crippen LogP contribution >= 0.6 is 0 Å². The summed E-state index contributed by atoms with van der Waals surface area (Å²) in [5.74, 6) is -1.53. The summed E-state index contributed by atoms with van der Waals surface area (Å²) >= 11 is 0. The smallest absolute Gasteiger partial charge is 0.333 e. The Balaban J connectivity index is 1.38. The lowest BCUT2D eigenvalue weighted by Gasteiger charge is -2.33. The third-order valence-corrected chi connectivity index (χ3v) is 6.70. The van der Waals surface area contributed by atoms with Crippen molar-refractivity contribution in [2.75, 3.05) is 10.6 Å². The van der Waals surface area contributed by atoms with Crippen molar-refractivity contribution in [1.29, 1.82) is 0 Å². The van der Waals surface area contributed by atoms with Crippen LogP contribution in [-0.4, -0.2) is 22.2 Å². The van der Waals surface area contributed by atoms with E-state index < -0.39 is 11.9 Å². The van der Waals surface area contributed by atoms with Gasteiger partial charge in [-0.3, -0.25) is 0 Å². The Morgan fingerprint density at radius 2 is 1.13 bits per heavy atom. The largest absolute Gasteiger partial charge is 0.478 e. The van der Waals surface area contributed by atoms with Gasteiger partial charge in [-0.15, -0.1) is 0 Å². The fraction of sp³-hybridized carbons (Fsp3) is 0.333. The molecule has 6 aliphatic rings. The van der Waals surface area contributed by atoms with Gasteiger partial charge in [0.25, 0.3) is 0 Å². The first kappa shape index (κ1) is 18.7. The standard InChI is InChI=1S/C24H24N2O4/c27-23(28)19-13-1-5-15(6-2-13)21(19)25-17-9-11-18(12-10-17)26-22-16-7-3-14(4-8-16)20(22)24(29)30/h5,7,9-14,25-26H,1-4,6,8H2,(H,27,28)(H,29,30). The van der Waals surface area contributed by atoms with E-state index in [0.29, 0.717) is 11.1 Å². The molecule has 0 aliphatic heterocycles. The number of hydrogen-bond acceptors (Lipinski definition) is 4. The maximum absolute atomic E-state index is 11.8. The molecule has 154 valence electrons. The van der Waals surface area contributed by atoms with E-state index in [-0.39, 0.29) is 11.8 Å². The first-order valence-electron chi connectivity index (χ1n) is 10.5. The van der Waals surface area contributed by atoms with Crippen molar-refractivity contribution in [1.82, 2.24) is 0 Å². The lowest BCUT2D eigenvalue weighted by Crippen LogP contribution is -2.27. The number of aliphatic carboxylic acids is 2. The number of hydrogen-bond donors (Lipinski definition) is 4. The lowest BCUT2D eigenvalue weighted by atomic mass is 9.75. The third kappa shape index (κ3) is 3.12. The number of carbonyl (C=O) groups is 2. The maximum Gasteiger partial charge on any atom is 0.333 e. The maximum atomic E-state index is 11.8. The first-order valence-corrected chi connectivity index (χ1v) is 10.5. The molecule has 2 unspecified atom stereocenters. The number of benzene rings is 1. The third-order valence-electron chi connectivity index (χ3n) is 6.70. The van der Waals surface area contributed by atoms with Gasteiger partial charge in [0.1, 0.15) is 0 Å². The molecule has 0 saturated carbocycles. The van der Waals surface area contributed by atoms with E-state index in [1.165, 1.54) is 0 Å². The molecule has 0 amide bonds. The molecule has 2 atom stereocenters. The summed E-state index contributed by atoms with van der Waals surface area (Å²) in [6.45, 7) is 0. The van der Waals surface area contributed by atoms with Crippen LogP contribution in [0.3, 0.4) is 0 Å². The molecule has 6 nitrogen and oxygen atoms in total. The fourth-order valence-electron chi connectivity index (χ4n) is 5.18. The number of fused-ring (bicyclic) bond motifs is 4. The lowest BCUT2D eigenvalue weighted by molar-refractivity contribution is -0.134. The number of carboxylic acids is 2. The van der Waals surface area contributed by atoms with E-state index in [4.69, 9.17) is 0 Å². The Bertz CT molecular complexity index is 974. The molecule has 0 aromatic heterocycles. The minimum absolute atomic E-state index is 0.0832. The van der Waals surface area contributed by atoms with E-state index in [1.807, 2.05) is 24.3 Å². The SMILES string of the molecule is O=C(O)C1=C(Nc2ccc(NC3=C(C(=O)O)C4CC=C3CC4)cc2)C2=CCC1CC2. The number of nitrogens with one attached hydrogen (secondary N) is 2. The molecule has 7 rings (SSSR count). The second-order valence-electron chi connectivity index (χ2n) is 8.42. The summed E-state index contributed by atoms with van der Waals surface area (Å²) in [6, 6.07) is 7.59. The van der Waals surface area contributed by atoms with Gasteiger partial charge in [-0.1, -0.05) is 12.2 Å². The molecule has 6 heteroatoms. The van der Waals surface area contributed by atoms with Gasteiger partial charge in [-0.2, -0.15) is 0 Å². The Labute approximate surface area is 174 Å². The number of rotatable bonds is 6. The van der Waals surface area contributed by atoms with Crippen LogP contribution in [0.2, 0.25) is 0 Å². The predicted octanol–water partition coefficient (Wildman–Crippen LogP) is 4.67. The van der Waals surface area contributed by atoms with Gasteiger partial charge in [0.15, 0.2) is 0 Å². The van der Waals surface area contributed by atoms with Gasteiger partial charge in [-0.05, 0) is 85.8 Å². The highest BCUT2D eigenvalue weighted by Gasteiger charge is 2.35. The highest BCUT2D eigenvalue weighted by atomic mass is 16.4. The molecule has 1 aromatic rings. The van der Waals surface area contributed by atoms with E-state index in [2.05, 4.69) is 22.8 Å². The molecular weight excluding hydrogens is 380 g/mol. The van der Waals surface area contributed by atoms with Crippen LogP contribution < -0.4 is 10.6 Å². The summed E-state index contributed by atoms with van der Waals surface area (Å²) < 4.78 is 0. The second-order valence-corrected chi connectivity index (χ2v) is 8.42. The number of carboxylic acid groups (broad SMARTS) is 2. The molecule has 4 N–H and O–H groups in total. The summed E-state index contributed by atoms with van der Waals surface area (Å²) in [7, 11) is 0. The summed E-state index contributed by atoms with van der Waals surface area (Å²) in [5, 5.41) is 26.0. The predicted molar refractivity (Wildman–Crippen MR) is 114 cm³/mol. The Morgan fingerprint density at radius 3 is 1.43 bits per heavy atom. The van der Waals surface area contributed by atoms with Gasteiger partial charge in [0, 0.05) is 11.4 Å². The molecular formula is C24H24N2O4. The summed E-state index contributed by atoms with van der Waals surface area (Å²) in [5.41, 5.74) is 6.24. The van der Waals surface area contributed by atoms with Crippen molar-refractivity contribution in [3.05, 3.63) is 70.1 Å². The van der Waals surface area contributed by atoms with E-state index >= 15 is 0 Å². The van der Waals surface area contributed by atoms with Crippen LogP contribution in [0, 0.1) is 11.8 Å². The van der Waals surface area contributed by atoms with Gasteiger partial charge in [0.05, 0.1) is 22.5 Å². The average molecular weight is 404 g/mol. The van der Waals surface area contributed by atoms with Crippen LogP contribution in [0.5, 0.6) is 0 Å². The first-order chi connectivity index (χ1) is 14.5. The average Bonchev–Trinajstić information content (AvgIpc) is 2.76. The molecule has 0 heterocycles. The van der Waals surface area contributed by atoms with Gasteiger partial charge in [0.2, 0.25) is 0 Å². The minimum atomic E-state index is -0.847. The minimum Gasteiger partial charge on any atom is -0.478 e. The van der Waals surface area contributed by atoms with Crippen molar-refractivity contribution < 1.29 is 19.8 Å². The zero-order chi connectivity index (χ0) is 20.8. The summed E-state index contributed by atoms with van der Waals surface area (Å²) in [4.78, 5) is 23.6. The molecule has 0 fully saturated rings. The molecule has 6 aliphatic carbocycles. The topological polar surface area (TPSA) is 98.7 Å². The molecule has 1 aromatic carbocycles. The van der Waals surface area contributed by atoms with Crippen molar-refractivity contribution in [2.45, 2.75) is 38.5 Å². The van der Waals surface area contributed by atoms with Crippen molar-refractivity contribution in [3.63, 3.8) is 0 Å². The zero-order valence-electron chi connectivity index (χ0n) is 16.6. The normalized spacial score (nSPS) is 24.5. The Hall–Kier alpha value is -3.28. The fourth-order valence-corrected chi connectivity index (χ4v) is 5.18. The number of anilines is 2. The van der Waals surface area contributed by atoms with Crippen molar-refractivity contribution >= 4 is 23.3 Å². The van der Waals surface area contributed by atoms with Gasteiger partial charge in [-0.25, -0.2) is 9.59 Å². The zero-order valence-corrected chi connectivity index (χ0v) is 16.6. The highest BCUT2D eigenvalue weighted by molar-refractivity contribution is 5.92. The van der Waals surface area contributed by atoms with Crippen LogP contribution in [0.25, 0.3) is 0 Å². The second kappa shape index (κ2) is 7.20. The van der Waals surface area contributed by atoms with Gasteiger partial charge >= 0.3 is 11.9 Å². The van der Waals surface area contributed by atoms with Crippen LogP contribution in [0.15, 0.2) is 70.1 Å². The Morgan fingerprint density at radius 1 is 0.733 bits per heavy atom. The molecule has 0 radical (unpaired) electrons. The van der Waals surface area contributed by atoms with Crippen LogP contribution in [0.1, 0.15) is 38.5 Å². The highest BCUT2D eigenvalue weighted by Crippen LogP contribution is 2.43.